The van der Waals surface area contributed by atoms with Crippen LogP contribution in [0.15, 0.2) is 34.3 Å². The van der Waals surface area contributed by atoms with E-state index in [1.54, 1.807) is 12.1 Å². The first-order valence-electron chi connectivity index (χ1n) is 5.15. The quantitative estimate of drug-likeness (QED) is 0.881. The van der Waals surface area contributed by atoms with Gasteiger partial charge in [0.1, 0.15) is 5.60 Å². The van der Waals surface area contributed by atoms with Crippen molar-refractivity contribution in [1.82, 2.24) is 4.72 Å². The fourth-order valence-electron chi connectivity index (χ4n) is 1.58. The van der Waals surface area contributed by atoms with E-state index in [1.165, 1.54) is 22.7 Å². The summed E-state index contributed by atoms with van der Waals surface area (Å²) in [5, 5.41) is 16.3. The summed E-state index contributed by atoms with van der Waals surface area (Å²) in [5.41, 5.74) is -0.608. The van der Waals surface area contributed by atoms with Gasteiger partial charge in [-0.3, -0.25) is 0 Å². The molecule has 2 N–H and O–H groups in total. The van der Waals surface area contributed by atoms with Crippen molar-refractivity contribution in [2.45, 2.75) is 5.60 Å². The molecule has 0 aromatic carbocycles. The van der Waals surface area contributed by atoms with Crippen LogP contribution in [0.1, 0.15) is 10.4 Å². The predicted octanol–water partition coefficient (Wildman–Crippen LogP) is 1.59. The molecule has 0 amide bonds. The van der Waals surface area contributed by atoms with Crippen LogP contribution < -0.4 is 4.72 Å². The molecule has 2 aromatic heterocycles. The lowest BCUT2D eigenvalue weighted by Gasteiger charge is -2.26. The minimum atomic E-state index is -3.34. The summed E-state index contributed by atoms with van der Waals surface area (Å²) in [7, 11) is -3.34. The predicted molar refractivity (Wildman–Crippen MR) is 74.5 cm³/mol. The molecule has 0 aliphatic carbocycles. The number of hydrogen-bond acceptors (Lipinski definition) is 5. The minimum Gasteiger partial charge on any atom is -0.378 e. The number of aliphatic hydroxyl groups is 1. The highest BCUT2D eigenvalue weighted by Crippen LogP contribution is 2.33. The van der Waals surface area contributed by atoms with E-state index in [9.17, 15) is 13.5 Å². The van der Waals surface area contributed by atoms with Crippen molar-refractivity contribution in [3.05, 3.63) is 44.8 Å². The first kappa shape index (κ1) is 13.7. The normalized spacial score (nSPS) is 15.4. The first-order valence-corrected chi connectivity index (χ1v) is 8.87. The van der Waals surface area contributed by atoms with Crippen molar-refractivity contribution in [1.29, 1.82) is 0 Å². The van der Waals surface area contributed by atoms with Gasteiger partial charge in [0.25, 0.3) is 0 Å². The lowest BCUT2D eigenvalue weighted by atomic mass is 9.95. The van der Waals surface area contributed by atoms with Gasteiger partial charge in [-0.25, -0.2) is 13.1 Å². The number of hydrogen-bond donors (Lipinski definition) is 2. The Morgan fingerprint density at radius 2 is 2.17 bits per heavy atom. The van der Waals surface area contributed by atoms with Crippen LogP contribution in [0.2, 0.25) is 0 Å². The molecule has 2 heterocycles. The number of sulfonamides is 1. The number of rotatable bonds is 5. The van der Waals surface area contributed by atoms with Crippen molar-refractivity contribution >= 4 is 32.7 Å². The van der Waals surface area contributed by atoms with Gasteiger partial charge in [0.15, 0.2) is 0 Å². The van der Waals surface area contributed by atoms with Crippen LogP contribution >= 0.6 is 22.7 Å². The SMILES string of the molecule is CS(=O)(=O)NC[C@](O)(c1ccsc1)c1cccs1. The largest absolute Gasteiger partial charge is 0.378 e. The van der Waals surface area contributed by atoms with E-state index in [4.69, 9.17) is 0 Å². The second kappa shape index (κ2) is 5.10. The molecule has 1 atom stereocenters. The van der Waals surface area contributed by atoms with E-state index < -0.39 is 15.6 Å². The molecule has 0 fully saturated rings. The van der Waals surface area contributed by atoms with Gasteiger partial charge in [-0.05, 0) is 28.3 Å². The summed E-state index contributed by atoms with van der Waals surface area (Å²) in [6.45, 7) is -0.0664. The Morgan fingerprint density at radius 1 is 1.39 bits per heavy atom. The maximum atomic E-state index is 11.2. The molecule has 7 heteroatoms. The third-order valence-corrected chi connectivity index (χ3v) is 4.89. The zero-order chi connectivity index (χ0) is 13.2. The molecule has 0 saturated heterocycles. The molecule has 0 aliphatic heterocycles. The van der Waals surface area contributed by atoms with Gasteiger partial charge in [0.05, 0.1) is 6.26 Å². The third kappa shape index (κ3) is 2.99. The van der Waals surface area contributed by atoms with Crippen LogP contribution in [0, 0.1) is 0 Å². The van der Waals surface area contributed by atoms with Crippen molar-refractivity contribution in [3.63, 3.8) is 0 Å². The van der Waals surface area contributed by atoms with Gasteiger partial charge in [-0.2, -0.15) is 11.3 Å². The Morgan fingerprint density at radius 3 is 2.67 bits per heavy atom. The highest BCUT2D eigenvalue weighted by molar-refractivity contribution is 7.88. The summed E-state index contributed by atoms with van der Waals surface area (Å²) in [6.07, 6.45) is 1.08. The second-order valence-electron chi connectivity index (χ2n) is 3.94. The lowest BCUT2D eigenvalue weighted by Crippen LogP contribution is -2.40. The minimum absolute atomic E-state index is 0.0664. The molecule has 0 bridgehead atoms. The zero-order valence-electron chi connectivity index (χ0n) is 9.66. The van der Waals surface area contributed by atoms with Crippen molar-refractivity contribution in [2.24, 2.45) is 0 Å². The Hall–Kier alpha value is -0.730. The Labute approximate surface area is 114 Å². The monoisotopic (exact) mass is 303 g/mol. The fraction of sp³-hybridized carbons (Fsp3) is 0.273. The Balaban J connectivity index is 2.35. The van der Waals surface area contributed by atoms with Gasteiger partial charge in [0.2, 0.25) is 10.0 Å². The Kier molecular flexibility index (Phi) is 3.88. The topological polar surface area (TPSA) is 66.4 Å². The molecule has 98 valence electrons. The van der Waals surface area contributed by atoms with E-state index in [0.29, 0.717) is 5.56 Å². The summed E-state index contributed by atoms with van der Waals surface area (Å²) < 4.78 is 24.8. The van der Waals surface area contributed by atoms with E-state index in [1.807, 2.05) is 22.2 Å². The Bertz CT molecular complexity index is 553. The maximum absolute atomic E-state index is 11.2. The van der Waals surface area contributed by atoms with Crippen molar-refractivity contribution in [3.8, 4) is 0 Å². The number of thiophene rings is 2. The fourth-order valence-corrected chi connectivity index (χ4v) is 3.62. The highest BCUT2D eigenvalue weighted by Gasteiger charge is 2.33. The van der Waals surface area contributed by atoms with E-state index in [-0.39, 0.29) is 6.54 Å². The van der Waals surface area contributed by atoms with Crippen LogP contribution in [0.3, 0.4) is 0 Å². The van der Waals surface area contributed by atoms with Gasteiger partial charge < -0.3 is 5.11 Å². The zero-order valence-corrected chi connectivity index (χ0v) is 12.1. The van der Waals surface area contributed by atoms with Gasteiger partial charge in [-0.15, -0.1) is 11.3 Å². The number of nitrogens with one attached hydrogen (secondary N) is 1. The van der Waals surface area contributed by atoms with Crippen LogP contribution in [-0.4, -0.2) is 26.3 Å². The van der Waals surface area contributed by atoms with Crippen LogP contribution in [-0.2, 0) is 15.6 Å². The molecule has 0 unspecified atom stereocenters. The molecular formula is C11H13NO3S3. The average molecular weight is 303 g/mol. The van der Waals surface area contributed by atoms with Gasteiger partial charge >= 0.3 is 0 Å². The molecule has 0 saturated carbocycles. The molecule has 18 heavy (non-hydrogen) atoms. The first-order chi connectivity index (χ1) is 8.42. The maximum Gasteiger partial charge on any atom is 0.208 e. The molecule has 2 aromatic rings. The van der Waals surface area contributed by atoms with Gasteiger partial charge in [-0.1, -0.05) is 6.07 Å². The highest BCUT2D eigenvalue weighted by atomic mass is 32.2. The van der Waals surface area contributed by atoms with Gasteiger partial charge in [0, 0.05) is 17.0 Å². The lowest BCUT2D eigenvalue weighted by molar-refractivity contribution is 0.0904. The van der Waals surface area contributed by atoms with Crippen LogP contribution in [0.4, 0.5) is 0 Å². The third-order valence-electron chi connectivity index (χ3n) is 2.52. The van der Waals surface area contributed by atoms with E-state index >= 15 is 0 Å². The molecule has 0 aliphatic rings. The molecular weight excluding hydrogens is 290 g/mol. The van der Waals surface area contributed by atoms with Crippen LogP contribution in [0.5, 0.6) is 0 Å². The van der Waals surface area contributed by atoms with Crippen LogP contribution in [0.25, 0.3) is 0 Å². The summed E-state index contributed by atoms with van der Waals surface area (Å²) in [6, 6.07) is 5.43. The molecule has 0 radical (unpaired) electrons. The molecule has 2 rings (SSSR count). The second-order valence-corrected chi connectivity index (χ2v) is 7.50. The summed E-state index contributed by atoms with van der Waals surface area (Å²) in [5.74, 6) is 0. The average Bonchev–Trinajstić information content (AvgIpc) is 2.97. The smallest absolute Gasteiger partial charge is 0.208 e. The van der Waals surface area contributed by atoms with Crippen molar-refractivity contribution < 1.29 is 13.5 Å². The summed E-state index contributed by atoms with van der Waals surface area (Å²) >= 11 is 2.86. The standard InChI is InChI=1S/C11H13NO3S3/c1-18(14,15)12-8-11(13,9-4-6-16-7-9)10-3-2-5-17-10/h2-7,12-13H,8H2,1H3/t11-/m0/s1. The van der Waals surface area contributed by atoms with E-state index in [0.717, 1.165) is 11.1 Å². The van der Waals surface area contributed by atoms with Crippen molar-refractivity contribution in [2.75, 3.05) is 12.8 Å². The molecule has 0 spiro atoms. The van der Waals surface area contributed by atoms with E-state index in [2.05, 4.69) is 4.72 Å². The molecule has 4 nitrogen and oxygen atoms in total. The summed E-state index contributed by atoms with van der Waals surface area (Å²) in [4.78, 5) is 0.719.